The summed E-state index contributed by atoms with van der Waals surface area (Å²) in [5.41, 5.74) is 6.57. The molecule has 0 unspecified atom stereocenters. The predicted octanol–water partition coefficient (Wildman–Crippen LogP) is 4.28. The first-order chi connectivity index (χ1) is 13.8. The van der Waals surface area contributed by atoms with Gasteiger partial charge in [-0.1, -0.05) is 17.7 Å². The zero-order chi connectivity index (χ0) is 21.3. The van der Waals surface area contributed by atoms with Crippen LogP contribution in [0.5, 0.6) is 5.75 Å². The summed E-state index contributed by atoms with van der Waals surface area (Å²) in [5, 5.41) is 0. The van der Waals surface area contributed by atoms with Crippen molar-refractivity contribution in [3.63, 3.8) is 0 Å². The van der Waals surface area contributed by atoms with Gasteiger partial charge in [0.05, 0.1) is 18.5 Å². The number of aryl methyl sites for hydroxylation is 3. The highest BCUT2D eigenvalue weighted by molar-refractivity contribution is 7.98. The maximum atomic E-state index is 12.9. The summed E-state index contributed by atoms with van der Waals surface area (Å²) in [6.07, 6.45) is 2.01. The van der Waals surface area contributed by atoms with E-state index < -0.39 is 0 Å². The molecule has 0 bridgehead atoms. The molecule has 6 heteroatoms. The van der Waals surface area contributed by atoms with Crippen molar-refractivity contribution in [2.24, 2.45) is 19.1 Å². The van der Waals surface area contributed by atoms with Crippen LogP contribution in [-0.4, -0.2) is 22.5 Å². The molecule has 0 saturated heterocycles. The van der Waals surface area contributed by atoms with Crippen molar-refractivity contribution in [3.05, 3.63) is 69.1 Å². The Morgan fingerprint density at radius 3 is 2.21 bits per heavy atom. The fourth-order valence-corrected chi connectivity index (χ4v) is 4.18. The van der Waals surface area contributed by atoms with Crippen molar-refractivity contribution < 1.29 is 4.74 Å². The monoisotopic (exact) mass is 409 g/mol. The van der Waals surface area contributed by atoms with Gasteiger partial charge in [0, 0.05) is 25.1 Å². The number of hydrogen-bond acceptors (Lipinski definition) is 4. The molecule has 3 rings (SSSR count). The first-order valence-corrected chi connectivity index (χ1v) is 10.6. The molecule has 2 aromatic carbocycles. The molecule has 0 aliphatic carbocycles. The van der Waals surface area contributed by atoms with E-state index in [1.165, 1.54) is 5.56 Å². The van der Waals surface area contributed by atoms with E-state index in [1.807, 2.05) is 30.5 Å². The van der Waals surface area contributed by atoms with Crippen molar-refractivity contribution in [1.82, 2.24) is 9.13 Å². The molecule has 0 aliphatic rings. The highest BCUT2D eigenvalue weighted by atomic mass is 32.2. The fraction of sp³-hybridized carbons (Fsp3) is 0.304. The number of methoxy groups -OCH3 is 1. The minimum atomic E-state index is -0.120. The maximum Gasteiger partial charge on any atom is 0.329 e. The molecule has 5 nitrogen and oxygen atoms in total. The number of hydrogen-bond donors (Lipinski definition) is 0. The molecule has 1 aromatic heterocycles. The van der Waals surface area contributed by atoms with Crippen molar-refractivity contribution >= 4 is 17.4 Å². The van der Waals surface area contributed by atoms with Gasteiger partial charge in [0.15, 0.2) is 0 Å². The minimum Gasteiger partial charge on any atom is -0.496 e. The number of ether oxygens (including phenoxy) is 1. The molecule has 0 radical (unpaired) electrons. The van der Waals surface area contributed by atoms with Crippen LogP contribution in [0, 0.1) is 20.8 Å². The van der Waals surface area contributed by atoms with E-state index >= 15 is 0 Å². The number of aromatic nitrogens is 2. The Morgan fingerprint density at radius 1 is 0.966 bits per heavy atom. The van der Waals surface area contributed by atoms with E-state index in [2.05, 4.69) is 32.9 Å². The number of rotatable bonds is 4. The normalized spacial score (nSPS) is 11.8. The lowest BCUT2D eigenvalue weighted by Crippen LogP contribution is -2.37. The predicted molar refractivity (Wildman–Crippen MR) is 120 cm³/mol. The topological polar surface area (TPSA) is 48.5 Å². The van der Waals surface area contributed by atoms with Crippen LogP contribution in [0.2, 0.25) is 0 Å². The van der Waals surface area contributed by atoms with Gasteiger partial charge >= 0.3 is 5.69 Å². The van der Waals surface area contributed by atoms with E-state index in [0.717, 1.165) is 38.7 Å². The van der Waals surface area contributed by atoms with Gasteiger partial charge in [0.1, 0.15) is 11.2 Å². The second kappa shape index (κ2) is 8.33. The number of benzene rings is 2. The van der Waals surface area contributed by atoms with Crippen LogP contribution in [0.15, 0.2) is 51.1 Å². The van der Waals surface area contributed by atoms with Crippen LogP contribution in [0.1, 0.15) is 16.7 Å². The lowest BCUT2D eigenvalue weighted by molar-refractivity contribution is 0.405. The first-order valence-electron chi connectivity index (χ1n) is 9.39. The zero-order valence-corrected chi connectivity index (χ0v) is 18.8. The smallest absolute Gasteiger partial charge is 0.329 e. The molecule has 0 atom stereocenters. The van der Waals surface area contributed by atoms with Crippen LogP contribution in [0.3, 0.4) is 0 Å². The Bertz CT molecular complexity index is 1180. The summed E-state index contributed by atoms with van der Waals surface area (Å²) >= 11 is 1.61. The van der Waals surface area contributed by atoms with E-state index in [1.54, 1.807) is 42.1 Å². The Kier molecular flexibility index (Phi) is 6.03. The third-order valence-corrected chi connectivity index (χ3v) is 5.84. The maximum absolute atomic E-state index is 12.9. The molecule has 3 aromatic rings. The zero-order valence-electron chi connectivity index (χ0n) is 18.0. The molecule has 0 amide bonds. The molecular weight excluding hydrogens is 382 g/mol. The third kappa shape index (κ3) is 4.03. The van der Waals surface area contributed by atoms with Crippen LogP contribution in [-0.2, 0) is 14.1 Å². The average Bonchev–Trinajstić information content (AvgIpc) is 2.69. The Hall–Kier alpha value is -2.73. The number of nitrogens with zero attached hydrogens (tertiary/aromatic N) is 3. The second-order valence-corrected chi connectivity index (χ2v) is 8.07. The fourth-order valence-electron chi connectivity index (χ4n) is 3.59. The standard InChI is InChI=1S/C23H27N3O2S/c1-14-10-15(2)22(16(3)11-14)24-21-13-18(25(4)23(27)26(21)5)17-8-9-19(28-6)20(12-17)29-7/h8-13H,1-7H3. The molecule has 0 saturated carbocycles. The lowest BCUT2D eigenvalue weighted by atomic mass is 10.1. The van der Waals surface area contributed by atoms with Gasteiger partial charge in [-0.2, -0.15) is 0 Å². The molecule has 0 N–H and O–H groups in total. The van der Waals surface area contributed by atoms with Crippen LogP contribution < -0.4 is 15.9 Å². The van der Waals surface area contributed by atoms with Gasteiger partial charge in [-0.3, -0.25) is 9.13 Å². The summed E-state index contributed by atoms with van der Waals surface area (Å²) < 4.78 is 8.66. The van der Waals surface area contributed by atoms with Gasteiger partial charge in [-0.25, -0.2) is 9.79 Å². The van der Waals surface area contributed by atoms with Crippen molar-refractivity contribution in [2.75, 3.05) is 13.4 Å². The highest BCUT2D eigenvalue weighted by Gasteiger charge is 2.11. The van der Waals surface area contributed by atoms with Crippen molar-refractivity contribution in [2.45, 2.75) is 25.7 Å². The summed E-state index contributed by atoms with van der Waals surface area (Å²) in [6, 6.07) is 12.1. The lowest BCUT2D eigenvalue weighted by Gasteiger charge is -2.14. The van der Waals surface area contributed by atoms with Crippen molar-refractivity contribution in [3.8, 4) is 17.0 Å². The molecule has 152 valence electrons. The molecule has 29 heavy (non-hydrogen) atoms. The summed E-state index contributed by atoms with van der Waals surface area (Å²) in [4.78, 5) is 18.8. The van der Waals surface area contributed by atoms with Crippen molar-refractivity contribution in [1.29, 1.82) is 0 Å². The summed E-state index contributed by atoms with van der Waals surface area (Å²) in [5.74, 6) is 0.823. The summed E-state index contributed by atoms with van der Waals surface area (Å²) in [7, 11) is 5.20. The summed E-state index contributed by atoms with van der Waals surface area (Å²) in [6.45, 7) is 6.18. The van der Waals surface area contributed by atoms with E-state index in [0.29, 0.717) is 5.49 Å². The Morgan fingerprint density at radius 2 is 1.62 bits per heavy atom. The molecule has 0 aliphatic heterocycles. The Balaban J connectivity index is 2.28. The minimum absolute atomic E-state index is 0.120. The quantitative estimate of drug-likeness (QED) is 0.605. The van der Waals surface area contributed by atoms with Gasteiger partial charge in [0.2, 0.25) is 0 Å². The third-order valence-electron chi connectivity index (χ3n) is 5.09. The van der Waals surface area contributed by atoms with E-state index in [4.69, 9.17) is 9.73 Å². The first kappa shape index (κ1) is 21.0. The SMILES string of the molecule is COc1ccc(-c2cc(=Nc3c(C)cc(C)cc3C)n(C)c(=O)n2C)cc1SC. The largest absolute Gasteiger partial charge is 0.496 e. The molecular formula is C23H27N3O2S. The molecule has 0 spiro atoms. The van der Waals surface area contributed by atoms with Gasteiger partial charge in [-0.05, 0) is 61.9 Å². The average molecular weight is 410 g/mol. The van der Waals surface area contributed by atoms with E-state index in [9.17, 15) is 4.79 Å². The molecule has 0 fully saturated rings. The van der Waals surface area contributed by atoms with Gasteiger partial charge < -0.3 is 4.74 Å². The van der Waals surface area contributed by atoms with Gasteiger partial charge in [0.25, 0.3) is 0 Å². The number of thioether (sulfide) groups is 1. The highest BCUT2D eigenvalue weighted by Crippen LogP contribution is 2.32. The van der Waals surface area contributed by atoms with Crippen LogP contribution in [0.25, 0.3) is 11.3 Å². The molecule has 1 heterocycles. The van der Waals surface area contributed by atoms with Gasteiger partial charge in [-0.15, -0.1) is 11.8 Å². The Labute approximate surface area is 175 Å². The van der Waals surface area contributed by atoms with Crippen LogP contribution in [0.4, 0.5) is 5.69 Å². The van der Waals surface area contributed by atoms with Crippen LogP contribution >= 0.6 is 11.8 Å². The second-order valence-electron chi connectivity index (χ2n) is 7.22. The van der Waals surface area contributed by atoms with E-state index in [-0.39, 0.29) is 5.69 Å².